The topological polar surface area (TPSA) is 64.2 Å². The van der Waals surface area contributed by atoms with Gasteiger partial charge < -0.3 is 10.6 Å². The highest BCUT2D eigenvalue weighted by atomic mass is 16.2. The van der Waals surface area contributed by atoms with E-state index in [9.17, 15) is 4.79 Å². The second-order valence-corrected chi connectivity index (χ2v) is 5.63. The highest BCUT2D eigenvalue weighted by Gasteiger charge is 2.26. The first kappa shape index (κ1) is 15.0. The molecular formula is C15H26N4O. The molecule has 0 spiro atoms. The van der Waals surface area contributed by atoms with E-state index in [1.165, 1.54) is 25.7 Å². The molecule has 20 heavy (non-hydrogen) atoms. The normalized spacial score (nSPS) is 16.9. The molecule has 0 unspecified atom stereocenters. The average molecular weight is 278 g/mol. The molecule has 0 radical (unpaired) electrons. The number of amides is 1. The summed E-state index contributed by atoms with van der Waals surface area (Å²) in [5.41, 5.74) is 6.30. The van der Waals surface area contributed by atoms with Crippen LogP contribution in [0.2, 0.25) is 0 Å². The minimum absolute atomic E-state index is 0.102. The summed E-state index contributed by atoms with van der Waals surface area (Å²) in [6.45, 7) is 1.38. The lowest BCUT2D eigenvalue weighted by Gasteiger charge is -2.31. The summed E-state index contributed by atoms with van der Waals surface area (Å²) in [7, 11) is 1.82. The Kier molecular flexibility index (Phi) is 5.59. The van der Waals surface area contributed by atoms with Gasteiger partial charge in [-0.3, -0.25) is 9.48 Å². The van der Waals surface area contributed by atoms with E-state index in [2.05, 4.69) is 5.10 Å². The molecule has 1 aromatic heterocycles. The maximum Gasteiger partial charge on any atom is 0.272 e. The number of aromatic nitrogens is 2. The standard InChI is InChI=1S/C15H26N4O/c1-18-14(9-11-17-18)15(20)19(12-6-10-16)13-7-4-2-3-5-8-13/h9,11,13H,2-8,10,12,16H2,1H3. The predicted molar refractivity (Wildman–Crippen MR) is 79.4 cm³/mol. The number of aryl methyl sites for hydroxylation is 1. The zero-order chi connectivity index (χ0) is 14.4. The first-order valence-corrected chi connectivity index (χ1v) is 7.73. The van der Waals surface area contributed by atoms with Gasteiger partial charge in [-0.25, -0.2) is 0 Å². The summed E-state index contributed by atoms with van der Waals surface area (Å²) < 4.78 is 1.66. The number of rotatable bonds is 5. The van der Waals surface area contributed by atoms with Gasteiger partial charge >= 0.3 is 0 Å². The van der Waals surface area contributed by atoms with Crippen LogP contribution in [0.25, 0.3) is 0 Å². The van der Waals surface area contributed by atoms with Crippen LogP contribution in [-0.4, -0.2) is 39.7 Å². The first-order chi connectivity index (χ1) is 9.74. The summed E-state index contributed by atoms with van der Waals surface area (Å²) in [6, 6.07) is 2.17. The molecule has 0 bridgehead atoms. The number of hydrogen-bond donors (Lipinski definition) is 1. The van der Waals surface area contributed by atoms with Gasteiger partial charge in [0, 0.05) is 25.8 Å². The van der Waals surface area contributed by atoms with Gasteiger partial charge in [0.25, 0.3) is 5.91 Å². The number of nitrogens with two attached hydrogens (primary N) is 1. The highest BCUT2D eigenvalue weighted by Crippen LogP contribution is 2.23. The minimum Gasteiger partial charge on any atom is -0.334 e. The van der Waals surface area contributed by atoms with Crippen molar-refractivity contribution in [1.29, 1.82) is 0 Å². The van der Waals surface area contributed by atoms with Crippen molar-refractivity contribution in [2.75, 3.05) is 13.1 Å². The third kappa shape index (κ3) is 3.60. The molecule has 2 rings (SSSR count). The fourth-order valence-corrected chi connectivity index (χ4v) is 3.01. The van der Waals surface area contributed by atoms with E-state index in [0.717, 1.165) is 25.8 Å². The van der Waals surface area contributed by atoms with Crippen LogP contribution in [0.1, 0.15) is 55.4 Å². The molecular weight excluding hydrogens is 252 g/mol. The minimum atomic E-state index is 0.102. The van der Waals surface area contributed by atoms with E-state index in [-0.39, 0.29) is 5.91 Å². The summed E-state index contributed by atoms with van der Waals surface area (Å²) >= 11 is 0. The lowest BCUT2D eigenvalue weighted by molar-refractivity contribution is 0.0647. The van der Waals surface area contributed by atoms with E-state index < -0.39 is 0 Å². The predicted octanol–water partition coefficient (Wildman–Crippen LogP) is 1.93. The van der Waals surface area contributed by atoms with Crippen molar-refractivity contribution in [1.82, 2.24) is 14.7 Å². The average Bonchev–Trinajstić information content (AvgIpc) is 2.71. The molecule has 0 atom stereocenters. The Hall–Kier alpha value is -1.36. The monoisotopic (exact) mass is 278 g/mol. The van der Waals surface area contributed by atoms with Crippen LogP contribution in [0.15, 0.2) is 12.3 Å². The van der Waals surface area contributed by atoms with E-state index >= 15 is 0 Å². The van der Waals surface area contributed by atoms with Crippen molar-refractivity contribution in [3.63, 3.8) is 0 Å². The molecule has 1 fully saturated rings. The van der Waals surface area contributed by atoms with Gasteiger partial charge in [-0.15, -0.1) is 0 Å². The lowest BCUT2D eigenvalue weighted by Crippen LogP contribution is -2.42. The van der Waals surface area contributed by atoms with Crippen molar-refractivity contribution in [3.05, 3.63) is 18.0 Å². The Morgan fingerprint density at radius 3 is 2.65 bits per heavy atom. The summed E-state index contributed by atoms with van der Waals surface area (Å²) in [4.78, 5) is 14.8. The number of hydrogen-bond acceptors (Lipinski definition) is 3. The molecule has 1 amide bonds. The molecule has 1 saturated carbocycles. The van der Waals surface area contributed by atoms with Crippen molar-refractivity contribution < 1.29 is 4.79 Å². The van der Waals surface area contributed by atoms with Gasteiger partial charge in [-0.2, -0.15) is 5.10 Å². The molecule has 0 aliphatic heterocycles. The summed E-state index contributed by atoms with van der Waals surface area (Å²) in [5, 5.41) is 4.11. The van der Waals surface area contributed by atoms with Gasteiger partial charge in [-0.05, 0) is 31.9 Å². The van der Waals surface area contributed by atoms with Gasteiger partial charge in [0.2, 0.25) is 0 Å². The van der Waals surface area contributed by atoms with Crippen LogP contribution in [0.5, 0.6) is 0 Å². The molecule has 0 saturated heterocycles. The Morgan fingerprint density at radius 2 is 2.10 bits per heavy atom. The molecule has 1 aromatic rings. The Morgan fingerprint density at radius 1 is 1.40 bits per heavy atom. The van der Waals surface area contributed by atoms with E-state index in [4.69, 9.17) is 5.73 Å². The Labute approximate surface area is 121 Å². The number of nitrogens with zero attached hydrogens (tertiary/aromatic N) is 3. The number of carbonyl (C=O) groups is 1. The van der Waals surface area contributed by atoms with E-state index in [1.54, 1.807) is 16.9 Å². The second kappa shape index (κ2) is 7.43. The van der Waals surface area contributed by atoms with Crippen LogP contribution in [0.4, 0.5) is 0 Å². The fraction of sp³-hybridized carbons (Fsp3) is 0.733. The quantitative estimate of drug-likeness (QED) is 0.837. The first-order valence-electron chi connectivity index (χ1n) is 7.73. The van der Waals surface area contributed by atoms with Crippen molar-refractivity contribution >= 4 is 5.91 Å². The summed E-state index contributed by atoms with van der Waals surface area (Å²) in [5.74, 6) is 0.102. The molecule has 1 aliphatic carbocycles. The fourth-order valence-electron chi connectivity index (χ4n) is 3.01. The molecule has 5 nitrogen and oxygen atoms in total. The van der Waals surface area contributed by atoms with Gasteiger partial charge in [0.1, 0.15) is 5.69 Å². The largest absolute Gasteiger partial charge is 0.334 e. The van der Waals surface area contributed by atoms with Crippen LogP contribution in [0.3, 0.4) is 0 Å². The van der Waals surface area contributed by atoms with Crippen LogP contribution in [-0.2, 0) is 7.05 Å². The second-order valence-electron chi connectivity index (χ2n) is 5.63. The Balaban J connectivity index is 2.13. The Bertz CT molecular complexity index is 421. The molecule has 112 valence electrons. The highest BCUT2D eigenvalue weighted by molar-refractivity contribution is 5.92. The van der Waals surface area contributed by atoms with Gasteiger partial charge in [0.15, 0.2) is 0 Å². The zero-order valence-electron chi connectivity index (χ0n) is 12.4. The molecule has 1 heterocycles. The maximum atomic E-state index is 12.8. The van der Waals surface area contributed by atoms with Crippen molar-refractivity contribution in [3.8, 4) is 0 Å². The zero-order valence-corrected chi connectivity index (χ0v) is 12.4. The van der Waals surface area contributed by atoms with Crippen molar-refractivity contribution in [2.45, 2.75) is 51.0 Å². The van der Waals surface area contributed by atoms with Crippen LogP contribution in [0, 0.1) is 0 Å². The SMILES string of the molecule is Cn1nccc1C(=O)N(CCCN)C1CCCCCC1. The number of carbonyl (C=O) groups excluding carboxylic acids is 1. The molecule has 2 N–H and O–H groups in total. The van der Waals surface area contributed by atoms with Gasteiger partial charge in [-0.1, -0.05) is 25.7 Å². The maximum absolute atomic E-state index is 12.8. The van der Waals surface area contributed by atoms with E-state index in [1.807, 2.05) is 11.9 Å². The van der Waals surface area contributed by atoms with Crippen LogP contribution >= 0.6 is 0 Å². The summed E-state index contributed by atoms with van der Waals surface area (Å²) in [6.07, 6.45) is 9.82. The third-order valence-corrected chi connectivity index (χ3v) is 4.17. The molecule has 1 aliphatic rings. The smallest absolute Gasteiger partial charge is 0.272 e. The van der Waals surface area contributed by atoms with E-state index in [0.29, 0.717) is 18.3 Å². The third-order valence-electron chi connectivity index (χ3n) is 4.17. The molecule has 0 aromatic carbocycles. The van der Waals surface area contributed by atoms with Crippen LogP contribution < -0.4 is 5.73 Å². The van der Waals surface area contributed by atoms with Gasteiger partial charge in [0.05, 0.1) is 0 Å². The molecule has 5 heteroatoms. The lowest BCUT2D eigenvalue weighted by atomic mass is 10.1. The van der Waals surface area contributed by atoms with Crippen molar-refractivity contribution in [2.24, 2.45) is 12.8 Å².